The van der Waals surface area contributed by atoms with Gasteiger partial charge in [-0.3, -0.25) is 10.1 Å². The summed E-state index contributed by atoms with van der Waals surface area (Å²) in [6.45, 7) is 1.15. The lowest BCUT2D eigenvalue weighted by Crippen LogP contribution is -2.33. The number of benzene rings is 1. The predicted molar refractivity (Wildman–Crippen MR) is 63.6 cm³/mol. The maximum absolute atomic E-state index is 13.4. The van der Waals surface area contributed by atoms with E-state index in [1.807, 2.05) is 0 Å². The molecule has 0 radical (unpaired) electrons. The summed E-state index contributed by atoms with van der Waals surface area (Å²) in [4.78, 5) is 10.0. The average molecular weight is 305 g/mol. The molecule has 1 aromatic carbocycles. The number of nitro groups is 1. The van der Waals surface area contributed by atoms with E-state index in [9.17, 15) is 14.5 Å². The summed E-state index contributed by atoms with van der Waals surface area (Å²) >= 11 is 3.10. The molecule has 0 aromatic heterocycles. The molecular weight excluding hydrogens is 295 g/mol. The molecule has 1 N–H and O–H groups in total. The molecule has 92 valence electrons. The Kier molecular flexibility index (Phi) is 3.58. The van der Waals surface area contributed by atoms with Crippen LogP contribution in [-0.2, 0) is 4.74 Å². The summed E-state index contributed by atoms with van der Waals surface area (Å²) in [6.07, 6.45) is 0.966. The molecule has 0 amide bonds. The van der Waals surface area contributed by atoms with Crippen LogP contribution in [-0.4, -0.2) is 24.2 Å². The largest absolute Gasteiger partial charge is 0.377 e. The molecule has 0 spiro atoms. The van der Waals surface area contributed by atoms with Crippen LogP contribution in [0.5, 0.6) is 0 Å². The van der Waals surface area contributed by atoms with Crippen LogP contribution in [0.2, 0.25) is 0 Å². The van der Waals surface area contributed by atoms with Crippen molar-refractivity contribution in [1.82, 2.24) is 0 Å². The number of nitro benzene ring substituents is 1. The highest BCUT2D eigenvalue weighted by atomic mass is 79.9. The van der Waals surface area contributed by atoms with Gasteiger partial charge in [0.05, 0.1) is 11.0 Å². The molecule has 17 heavy (non-hydrogen) atoms. The number of nitrogens with zero attached hydrogens (tertiary/aromatic N) is 1. The smallest absolute Gasteiger partial charge is 0.327 e. The fourth-order valence-corrected chi connectivity index (χ4v) is 1.99. The van der Waals surface area contributed by atoms with Gasteiger partial charge in [0.2, 0.25) is 5.82 Å². The highest BCUT2D eigenvalue weighted by molar-refractivity contribution is 9.10. The zero-order valence-electron chi connectivity index (χ0n) is 8.78. The monoisotopic (exact) mass is 304 g/mol. The van der Waals surface area contributed by atoms with Crippen molar-refractivity contribution in [2.45, 2.75) is 12.5 Å². The van der Waals surface area contributed by atoms with E-state index in [0.29, 0.717) is 17.6 Å². The second kappa shape index (κ2) is 4.97. The maximum atomic E-state index is 13.4. The lowest BCUT2D eigenvalue weighted by atomic mass is 10.2. The van der Waals surface area contributed by atoms with Gasteiger partial charge in [-0.25, -0.2) is 0 Å². The Hall–Kier alpha value is -1.21. The molecule has 1 saturated heterocycles. The summed E-state index contributed by atoms with van der Waals surface area (Å²) in [5.74, 6) is -0.860. The van der Waals surface area contributed by atoms with Crippen molar-refractivity contribution in [3.05, 3.63) is 32.5 Å². The molecule has 5 nitrogen and oxygen atoms in total. The number of rotatable bonds is 4. The first-order chi connectivity index (χ1) is 8.08. The van der Waals surface area contributed by atoms with Crippen LogP contribution in [0.15, 0.2) is 16.6 Å². The molecule has 0 bridgehead atoms. The van der Waals surface area contributed by atoms with Gasteiger partial charge in [0.25, 0.3) is 0 Å². The van der Waals surface area contributed by atoms with E-state index in [4.69, 9.17) is 4.74 Å². The van der Waals surface area contributed by atoms with Crippen LogP contribution >= 0.6 is 15.9 Å². The topological polar surface area (TPSA) is 64.4 Å². The lowest BCUT2D eigenvalue weighted by molar-refractivity contribution is -0.386. The third kappa shape index (κ3) is 2.73. The Morgan fingerprint density at radius 2 is 2.35 bits per heavy atom. The Morgan fingerprint density at radius 3 is 2.88 bits per heavy atom. The number of nitrogens with one attached hydrogen (secondary N) is 1. The molecule has 0 aliphatic carbocycles. The van der Waals surface area contributed by atoms with Crippen molar-refractivity contribution in [3.8, 4) is 0 Å². The van der Waals surface area contributed by atoms with Gasteiger partial charge >= 0.3 is 5.69 Å². The van der Waals surface area contributed by atoms with E-state index in [2.05, 4.69) is 21.2 Å². The number of halogens is 2. The lowest BCUT2D eigenvalue weighted by Gasteiger charge is -2.26. The number of hydrogen-bond donors (Lipinski definition) is 1. The predicted octanol–water partition coefficient (Wildman–Crippen LogP) is 2.70. The SMILES string of the molecule is O=[N+]([O-])c1c(F)cc(Br)cc1NC[C@@H]1CCO1. The number of anilines is 1. The van der Waals surface area contributed by atoms with Gasteiger partial charge in [-0.1, -0.05) is 15.9 Å². The first kappa shape index (κ1) is 12.3. The second-order valence-corrected chi connectivity index (χ2v) is 4.62. The molecule has 1 aliphatic rings. The van der Waals surface area contributed by atoms with Crippen molar-refractivity contribution in [2.24, 2.45) is 0 Å². The van der Waals surface area contributed by atoms with Crippen molar-refractivity contribution in [1.29, 1.82) is 0 Å². The van der Waals surface area contributed by atoms with Gasteiger partial charge in [-0.15, -0.1) is 0 Å². The van der Waals surface area contributed by atoms with E-state index < -0.39 is 16.4 Å². The summed E-state index contributed by atoms with van der Waals surface area (Å²) in [7, 11) is 0. The first-order valence-electron chi connectivity index (χ1n) is 5.07. The normalized spacial score (nSPS) is 18.6. The molecule has 0 unspecified atom stereocenters. The van der Waals surface area contributed by atoms with Crippen LogP contribution in [0.1, 0.15) is 6.42 Å². The van der Waals surface area contributed by atoms with E-state index in [0.717, 1.165) is 12.5 Å². The van der Waals surface area contributed by atoms with Crippen LogP contribution < -0.4 is 5.32 Å². The van der Waals surface area contributed by atoms with Gasteiger partial charge in [0, 0.05) is 17.6 Å². The van der Waals surface area contributed by atoms with Gasteiger partial charge in [0.15, 0.2) is 0 Å². The Balaban J connectivity index is 2.20. The van der Waals surface area contributed by atoms with Crippen LogP contribution in [0, 0.1) is 15.9 Å². The second-order valence-electron chi connectivity index (χ2n) is 3.70. The van der Waals surface area contributed by atoms with E-state index in [1.165, 1.54) is 6.07 Å². The number of hydrogen-bond acceptors (Lipinski definition) is 4. The zero-order valence-corrected chi connectivity index (χ0v) is 10.4. The minimum absolute atomic E-state index is 0.0525. The molecule has 1 heterocycles. The fraction of sp³-hybridized carbons (Fsp3) is 0.400. The molecule has 1 aromatic rings. The summed E-state index contributed by atoms with van der Waals surface area (Å²) in [6, 6.07) is 2.56. The molecule has 0 saturated carbocycles. The van der Waals surface area contributed by atoms with Gasteiger partial charge < -0.3 is 10.1 Å². The Labute approximate surface area is 105 Å². The van der Waals surface area contributed by atoms with Crippen LogP contribution in [0.3, 0.4) is 0 Å². The van der Waals surface area contributed by atoms with Crippen LogP contribution in [0.25, 0.3) is 0 Å². The van der Waals surface area contributed by atoms with Crippen molar-refractivity contribution in [3.63, 3.8) is 0 Å². The van der Waals surface area contributed by atoms with Gasteiger partial charge in [-0.2, -0.15) is 4.39 Å². The molecule has 7 heteroatoms. The highest BCUT2D eigenvalue weighted by Gasteiger charge is 2.23. The maximum Gasteiger partial charge on any atom is 0.327 e. The summed E-state index contributed by atoms with van der Waals surface area (Å²) in [5.41, 5.74) is -0.370. The fourth-order valence-electron chi connectivity index (χ4n) is 1.56. The zero-order chi connectivity index (χ0) is 12.4. The van der Waals surface area contributed by atoms with Crippen LogP contribution in [0.4, 0.5) is 15.8 Å². The van der Waals surface area contributed by atoms with Gasteiger partial charge in [-0.05, 0) is 18.6 Å². The minimum atomic E-state index is -0.860. The highest BCUT2D eigenvalue weighted by Crippen LogP contribution is 2.31. The third-order valence-electron chi connectivity index (χ3n) is 2.52. The quantitative estimate of drug-likeness (QED) is 0.686. The van der Waals surface area contributed by atoms with Crippen molar-refractivity contribution < 1.29 is 14.1 Å². The van der Waals surface area contributed by atoms with Crippen molar-refractivity contribution >= 4 is 27.3 Å². The van der Waals surface area contributed by atoms with Gasteiger partial charge in [0.1, 0.15) is 5.69 Å². The average Bonchev–Trinajstić information content (AvgIpc) is 2.12. The first-order valence-corrected chi connectivity index (χ1v) is 5.86. The molecule has 2 rings (SSSR count). The van der Waals surface area contributed by atoms with E-state index in [-0.39, 0.29) is 11.8 Å². The number of ether oxygens (including phenoxy) is 1. The summed E-state index contributed by atoms with van der Waals surface area (Å²) < 4.78 is 19.1. The molecule has 1 aliphatic heterocycles. The van der Waals surface area contributed by atoms with Crippen molar-refractivity contribution in [2.75, 3.05) is 18.5 Å². The molecule has 1 atom stereocenters. The Morgan fingerprint density at radius 1 is 1.65 bits per heavy atom. The standard InChI is InChI=1S/C10H10BrFN2O3/c11-6-3-8(12)10(14(15)16)9(4-6)13-5-7-1-2-17-7/h3-4,7,13H,1-2,5H2/t7-/m0/s1. The Bertz CT molecular complexity index is 451. The molecule has 1 fully saturated rings. The third-order valence-corrected chi connectivity index (χ3v) is 2.98. The molecular formula is C10H10BrFN2O3. The van der Waals surface area contributed by atoms with E-state index >= 15 is 0 Å². The summed E-state index contributed by atoms with van der Waals surface area (Å²) in [5, 5.41) is 13.6. The van der Waals surface area contributed by atoms with E-state index in [1.54, 1.807) is 0 Å². The minimum Gasteiger partial charge on any atom is -0.377 e.